The van der Waals surface area contributed by atoms with Crippen molar-refractivity contribution in [2.24, 2.45) is 0 Å². The Labute approximate surface area is 49.2 Å². The van der Waals surface area contributed by atoms with E-state index in [1.54, 1.807) is 0 Å². The summed E-state index contributed by atoms with van der Waals surface area (Å²) in [6.07, 6.45) is 1.18. The summed E-state index contributed by atoms with van der Waals surface area (Å²) in [6, 6.07) is 6.73. The third kappa shape index (κ3) is 0.401. The van der Waals surface area contributed by atoms with E-state index in [1.165, 1.54) is 23.1 Å². The van der Waals surface area contributed by atoms with Crippen molar-refractivity contribution in [3.8, 4) is 11.1 Å². The molecule has 0 saturated heterocycles. The highest BCUT2D eigenvalue weighted by atomic mass is 14.2. The van der Waals surface area contributed by atoms with Crippen LogP contribution in [-0.4, -0.2) is 0 Å². The standard InChI is InChI=1S/C8H8/c1-2-6-3-7-5-8(7)4-6/h3-5H,2H2,1H3. The highest BCUT2D eigenvalue weighted by molar-refractivity contribution is 5.82. The molecule has 0 aromatic carbocycles. The summed E-state index contributed by atoms with van der Waals surface area (Å²) < 4.78 is 0. The summed E-state index contributed by atoms with van der Waals surface area (Å²) in [4.78, 5) is 0. The average Bonchev–Trinajstić information content (AvgIpc) is 2.40. The Balaban J connectivity index is 2.45. The number of fused-ring (bicyclic) bond motifs is 1. The molecule has 8 heavy (non-hydrogen) atoms. The second-order valence-electron chi connectivity index (χ2n) is 2.27. The lowest BCUT2D eigenvalue weighted by Crippen LogP contribution is -1.67. The predicted octanol–water partition coefficient (Wildman–Crippen LogP) is 2.23. The predicted molar refractivity (Wildman–Crippen MR) is 34.8 cm³/mol. The van der Waals surface area contributed by atoms with Crippen LogP contribution in [0.25, 0.3) is 11.1 Å². The molecule has 0 atom stereocenters. The molecule has 2 rings (SSSR count). The molecular formula is C8H8. The van der Waals surface area contributed by atoms with Gasteiger partial charge in [-0.05, 0) is 29.2 Å². The van der Waals surface area contributed by atoms with Crippen LogP contribution in [0.5, 0.6) is 0 Å². The monoisotopic (exact) mass is 104 g/mol. The highest BCUT2D eigenvalue weighted by Crippen LogP contribution is 2.35. The lowest BCUT2D eigenvalue weighted by molar-refractivity contribution is 1.15. The Morgan fingerprint density at radius 1 is 1.12 bits per heavy atom. The van der Waals surface area contributed by atoms with Crippen molar-refractivity contribution in [3.63, 3.8) is 0 Å². The molecule has 2 aliphatic rings. The van der Waals surface area contributed by atoms with Crippen LogP contribution >= 0.6 is 0 Å². The zero-order valence-electron chi connectivity index (χ0n) is 4.94. The third-order valence-electron chi connectivity index (χ3n) is 1.65. The first kappa shape index (κ1) is 4.13. The zero-order valence-corrected chi connectivity index (χ0v) is 4.94. The van der Waals surface area contributed by atoms with Gasteiger partial charge in [-0.1, -0.05) is 19.1 Å². The van der Waals surface area contributed by atoms with E-state index in [2.05, 4.69) is 25.1 Å². The molecule has 0 aromatic heterocycles. The lowest BCUT2D eigenvalue weighted by atomic mass is 10.2. The number of benzene rings is 1. The first-order chi connectivity index (χ1) is 3.90. The van der Waals surface area contributed by atoms with Crippen molar-refractivity contribution < 1.29 is 0 Å². The molecule has 2 aliphatic carbocycles. The van der Waals surface area contributed by atoms with E-state index in [1.807, 2.05) is 0 Å². The maximum atomic E-state index is 2.26. The first-order valence-electron chi connectivity index (χ1n) is 3.04. The van der Waals surface area contributed by atoms with Crippen LogP contribution in [-0.2, 0) is 6.42 Å². The van der Waals surface area contributed by atoms with Crippen LogP contribution in [0.15, 0.2) is 18.2 Å². The van der Waals surface area contributed by atoms with E-state index in [9.17, 15) is 0 Å². The zero-order chi connectivity index (χ0) is 5.56. The summed E-state index contributed by atoms with van der Waals surface area (Å²) in [6.45, 7) is 2.19. The van der Waals surface area contributed by atoms with Crippen molar-refractivity contribution in [2.75, 3.05) is 0 Å². The fourth-order valence-electron chi connectivity index (χ4n) is 1.03. The maximum Gasteiger partial charge on any atom is -0.0175 e. The smallest absolute Gasteiger partial charge is 0.0175 e. The van der Waals surface area contributed by atoms with E-state index in [0.29, 0.717) is 0 Å². The molecule has 0 fully saturated rings. The normalized spacial score (nSPS) is 11.6. The van der Waals surface area contributed by atoms with E-state index < -0.39 is 0 Å². The van der Waals surface area contributed by atoms with Crippen LogP contribution in [0.3, 0.4) is 0 Å². The van der Waals surface area contributed by atoms with Gasteiger partial charge in [0.1, 0.15) is 0 Å². The van der Waals surface area contributed by atoms with Crippen LogP contribution < -0.4 is 0 Å². The summed E-state index contributed by atoms with van der Waals surface area (Å²) >= 11 is 0. The van der Waals surface area contributed by atoms with Gasteiger partial charge < -0.3 is 0 Å². The Hall–Kier alpha value is -0.780. The van der Waals surface area contributed by atoms with E-state index >= 15 is 0 Å². The van der Waals surface area contributed by atoms with Crippen LogP contribution in [0.4, 0.5) is 0 Å². The minimum absolute atomic E-state index is 1.18. The average molecular weight is 104 g/mol. The lowest BCUT2D eigenvalue weighted by Gasteiger charge is -1.81. The molecule has 0 heterocycles. The largest absolute Gasteiger partial charge is 0.0613 e. The van der Waals surface area contributed by atoms with Gasteiger partial charge in [0.05, 0.1) is 0 Å². The molecular weight excluding hydrogens is 96.1 g/mol. The highest BCUT2D eigenvalue weighted by Gasteiger charge is 2.11. The van der Waals surface area contributed by atoms with Gasteiger partial charge in [-0.2, -0.15) is 0 Å². The number of hydrogen-bond donors (Lipinski definition) is 0. The third-order valence-corrected chi connectivity index (χ3v) is 1.65. The van der Waals surface area contributed by atoms with Crippen molar-refractivity contribution >= 4 is 0 Å². The summed E-state index contributed by atoms with van der Waals surface area (Å²) in [5.41, 5.74) is 4.40. The second-order valence-corrected chi connectivity index (χ2v) is 2.27. The molecule has 0 radical (unpaired) electrons. The van der Waals surface area contributed by atoms with Gasteiger partial charge in [0, 0.05) is 0 Å². The van der Waals surface area contributed by atoms with E-state index in [-0.39, 0.29) is 0 Å². The molecule has 0 nitrogen and oxygen atoms in total. The van der Waals surface area contributed by atoms with Gasteiger partial charge in [0.2, 0.25) is 0 Å². The number of aryl methyl sites for hydroxylation is 1. The maximum absolute atomic E-state index is 2.26. The minimum Gasteiger partial charge on any atom is -0.0613 e. The minimum atomic E-state index is 1.18. The van der Waals surface area contributed by atoms with Gasteiger partial charge in [0.25, 0.3) is 0 Å². The molecule has 0 amide bonds. The second kappa shape index (κ2) is 1.13. The van der Waals surface area contributed by atoms with Gasteiger partial charge in [-0.15, -0.1) is 0 Å². The van der Waals surface area contributed by atoms with Crippen LogP contribution in [0.2, 0.25) is 0 Å². The van der Waals surface area contributed by atoms with Gasteiger partial charge in [0.15, 0.2) is 0 Å². The fraction of sp³-hybridized carbons (Fsp3) is 0.250. The summed E-state index contributed by atoms with van der Waals surface area (Å²) in [7, 11) is 0. The van der Waals surface area contributed by atoms with Crippen molar-refractivity contribution in [1.29, 1.82) is 0 Å². The number of hydrogen-bond acceptors (Lipinski definition) is 0. The van der Waals surface area contributed by atoms with Crippen molar-refractivity contribution in [2.45, 2.75) is 13.3 Å². The molecule has 0 saturated carbocycles. The van der Waals surface area contributed by atoms with Gasteiger partial charge >= 0.3 is 0 Å². The first-order valence-corrected chi connectivity index (χ1v) is 3.04. The molecule has 0 spiro atoms. The van der Waals surface area contributed by atoms with Gasteiger partial charge in [-0.3, -0.25) is 0 Å². The Morgan fingerprint density at radius 3 is 2.12 bits per heavy atom. The SMILES string of the molecule is CCc1cc2cc-2c1. The quantitative estimate of drug-likeness (QED) is 0.520. The fourth-order valence-corrected chi connectivity index (χ4v) is 1.03. The van der Waals surface area contributed by atoms with E-state index in [4.69, 9.17) is 0 Å². The Kier molecular flexibility index (Phi) is 0.587. The molecule has 0 unspecified atom stereocenters. The molecule has 0 heteroatoms. The van der Waals surface area contributed by atoms with Gasteiger partial charge in [-0.25, -0.2) is 0 Å². The molecule has 40 valence electrons. The van der Waals surface area contributed by atoms with E-state index in [0.717, 1.165) is 0 Å². The topological polar surface area (TPSA) is 0 Å². The molecule has 0 bridgehead atoms. The molecule has 0 aromatic rings. The molecule has 0 N–H and O–H groups in total. The summed E-state index contributed by atoms with van der Waals surface area (Å²) in [5, 5.41) is 0. The van der Waals surface area contributed by atoms with Crippen molar-refractivity contribution in [1.82, 2.24) is 0 Å². The summed E-state index contributed by atoms with van der Waals surface area (Å²) in [5.74, 6) is 0. The van der Waals surface area contributed by atoms with Crippen molar-refractivity contribution in [3.05, 3.63) is 23.8 Å². The Bertz CT molecular complexity index is 203. The van der Waals surface area contributed by atoms with Crippen LogP contribution in [0, 0.1) is 0 Å². The van der Waals surface area contributed by atoms with Crippen LogP contribution in [0.1, 0.15) is 12.5 Å². The number of rotatable bonds is 1. The Morgan fingerprint density at radius 2 is 1.75 bits per heavy atom. The molecule has 0 aliphatic heterocycles.